The van der Waals surface area contributed by atoms with E-state index in [0.717, 1.165) is 0 Å². The molecule has 0 fully saturated rings. The molecule has 1 rings (SSSR count). The molecule has 1 aromatic carbocycles. The minimum atomic E-state index is -0.615. The molecule has 2 N–H and O–H groups in total. The predicted octanol–water partition coefficient (Wildman–Crippen LogP) is 1.49. The Morgan fingerprint density at radius 3 is 2.80 bits per heavy atom. The molecule has 1 atom stereocenters. The van der Waals surface area contributed by atoms with Crippen molar-refractivity contribution < 1.29 is 19.6 Å². The maximum atomic E-state index is 12.2. The minimum Gasteiger partial charge on any atom is -0.496 e. The van der Waals surface area contributed by atoms with Gasteiger partial charge in [0.15, 0.2) is 5.56 Å². The number of carbonyl (C=O) groups is 1. The molecule has 0 saturated heterocycles. The molecule has 1 amide bonds. The zero-order valence-corrected chi connectivity index (χ0v) is 11.5. The third-order valence-electron chi connectivity index (χ3n) is 2.82. The van der Waals surface area contributed by atoms with Crippen LogP contribution in [-0.2, 0) is 0 Å². The molecule has 110 valence electrons. The summed E-state index contributed by atoms with van der Waals surface area (Å²) in [5.74, 6) is -0.398. The van der Waals surface area contributed by atoms with E-state index >= 15 is 0 Å². The Bertz CT molecular complexity index is 490. The van der Waals surface area contributed by atoms with Crippen LogP contribution in [0.2, 0.25) is 0 Å². The van der Waals surface area contributed by atoms with Gasteiger partial charge in [-0.1, -0.05) is 6.07 Å². The first-order valence-corrected chi connectivity index (χ1v) is 6.24. The number of nitrogens with one attached hydrogen (secondary N) is 1. The first-order chi connectivity index (χ1) is 9.51. The molecule has 0 aliphatic carbocycles. The quantitative estimate of drug-likeness (QED) is 0.582. The summed E-state index contributed by atoms with van der Waals surface area (Å²) in [6, 6.07) is 4.03. The second-order valence-corrected chi connectivity index (χ2v) is 4.35. The molecule has 0 bridgehead atoms. The van der Waals surface area contributed by atoms with Gasteiger partial charge in [-0.05, 0) is 25.8 Å². The van der Waals surface area contributed by atoms with E-state index in [-0.39, 0.29) is 29.6 Å². The number of amides is 1. The molecule has 0 aromatic heterocycles. The lowest BCUT2D eigenvalue weighted by molar-refractivity contribution is -0.385. The summed E-state index contributed by atoms with van der Waals surface area (Å²) < 4.78 is 5.01. The molecule has 0 aliphatic heterocycles. The van der Waals surface area contributed by atoms with Gasteiger partial charge in [0.05, 0.1) is 12.0 Å². The van der Waals surface area contributed by atoms with Gasteiger partial charge >= 0.3 is 0 Å². The number of nitro groups is 1. The average Bonchev–Trinajstić information content (AvgIpc) is 2.43. The number of methoxy groups -OCH3 is 1. The summed E-state index contributed by atoms with van der Waals surface area (Å²) in [6.45, 7) is 1.81. The van der Waals surface area contributed by atoms with Crippen LogP contribution in [0.15, 0.2) is 18.2 Å². The molecule has 0 radical (unpaired) electrons. The van der Waals surface area contributed by atoms with Crippen molar-refractivity contribution in [2.45, 2.75) is 25.8 Å². The van der Waals surface area contributed by atoms with Crippen LogP contribution in [0.5, 0.6) is 5.75 Å². The maximum Gasteiger partial charge on any atom is 0.285 e. The zero-order valence-electron chi connectivity index (χ0n) is 11.5. The van der Waals surface area contributed by atoms with Crippen LogP contribution in [0.1, 0.15) is 30.1 Å². The number of aliphatic hydroxyl groups is 1. The second kappa shape index (κ2) is 7.44. The van der Waals surface area contributed by atoms with Crippen LogP contribution < -0.4 is 10.1 Å². The van der Waals surface area contributed by atoms with Crippen molar-refractivity contribution in [1.82, 2.24) is 5.32 Å². The van der Waals surface area contributed by atoms with Crippen LogP contribution in [0.25, 0.3) is 0 Å². The van der Waals surface area contributed by atoms with Crippen LogP contribution in [-0.4, -0.2) is 35.7 Å². The lowest BCUT2D eigenvalue weighted by atomic mass is 10.1. The van der Waals surface area contributed by atoms with E-state index in [1.165, 1.54) is 25.3 Å². The summed E-state index contributed by atoms with van der Waals surface area (Å²) in [4.78, 5) is 22.5. The average molecular weight is 282 g/mol. The van der Waals surface area contributed by atoms with Gasteiger partial charge in [-0.25, -0.2) is 0 Å². The topological polar surface area (TPSA) is 102 Å². The highest BCUT2D eigenvalue weighted by molar-refractivity contribution is 6.01. The summed E-state index contributed by atoms with van der Waals surface area (Å²) in [7, 11) is 1.35. The predicted molar refractivity (Wildman–Crippen MR) is 72.9 cm³/mol. The molecular weight excluding hydrogens is 264 g/mol. The number of nitro benzene ring substituents is 1. The van der Waals surface area contributed by atoms with Crippen molar-refractivity contribution in [3.63, 3.8) is 0 Å². The van der Waals surface area contributed by atoms with Gasteiger partial charge in [0.2, 0.25) is 0 Å². The van der Waals surface area contributed by atoms with Gasteiger partial charge in [-0.3, -0.25) is 14.9 Å². The summed E-state index contributed by atoms with van der Waals surface area (Å²) in [5, 5.41) is 22.4. The van der Waals surface area contributed by atoms with E-state index in [1.807, 2.05) is 0 Å². The van der Waals surface area contributed by atoms with Crippen molar-refractivity contribution >= 4 is 11.6 Å². The molecule has 7 heteroatoms. The third-order valence-corrected chi connectivity index (χ3v) is 2.82. The number of ether oxygens (including phenoxy) is 1. The Morgan fingerprint density at radius 2 is 2.25 bits per heavy atom. The van der Waals surface area contributed by atoms with Crippen molar-refractivity contribution in [2.24, 2.45) is 0 Å². The van der Waals surface area contributed by atoms with E-state index in [9.17, 15) is 14.9 Å². The highest BCUT2D eigenvalue weighted by Gasteiger charge is 2.25. The Hall–Kier alpha value is -2.15. The molecule has 1 aromatic rings. The first-order valence-electron chi connectivity index (χ1n) is 6.24. The van der Waals surface area contributed by atoms with Crippen molar-refractivity contribution in [1.29, 1.82) is 0 Å². The zero-order chi connectivity index (χ0) is 15.1. The van der Waals surface area contributed by atoms with Gasteiger partial charge < -0.3 is 15.2 Å². The van der Waals surface area contributed by atoms with E-state index in [2.05, 4.69) is 5.32 Å². The number of hydrogen-bond acceptors (Lipinski definition) is 5. The number of benzene rings is 1. The smallest absolute Gasteiger partial charge is 0.285 e. The van der Waals surface area contributed by atoms with Gasteiger partial charge in [-0.2, -0.15) is 0 Å². The number of rotatable bonds is 7. The number of carbonyl (C=O) groups excluding carboxylic acids is 1. The fraction of sp³-hybridized carbons (Fsp3) is 0.462. The molecular formula is C13H18N2O5. The lowest BCUT2D eigenvalue weighted by Crippen LogP contribution is -2.33. The largest absolute Gasteiger partial charge is 0.496 e. The van der Waals surface area contributed by atoms with Crippen LogP contribution in [0, 0.1) is 10.1 Å². The maximum absolute atomic E-state index is 12.2. The van der Waals surface area contributed by atoms with E-state index in [0.29, 0.717) is 12.8 Å². The van der Waals surface area contributed by atoms with E-state index < -0.39 is 10.8 Å². The van der Waals surface area contributed by atoms with E-state index in [1.54, 1.807) is 6.92 Å². The normalized spacial score (nSPS) is 11.8. The monoisotopic (exact) mass is 282 g/mol. The number of hydrogen-bond donors (Lipinski definition) is 2. The Kier molecular flexibility index (Phi) is 5.92. The van der Waals surface area contributed by atoms with Gasteiger partial charge in [0.25, 0.3) is 11.6 Å². The third kappa shape index (κ3) is 3.92. The van der Waals surface area contributed by atoms with Crippen LogP contribution in [0.4, 0.5) is 5.69 Å². The van der Waals surface area contributed by atoms with Crippen molar-refractivity contribution in [3.05, 3.63) is 33.9 Å². The van der Waals surface area contributed by atoms with Crippen molar-refractivity contribution in [3.8, 4) is 5.75 Å². The van der Waals surface area contributed by atoms with Gasteiger partial charge in [-0.15, -0.1) is 0 Å². The highest BCUT2D eigenvalue weighted by Crippen LogP contribution is 2.28. The van der Waals surface area contributed by atoms with Gasteiger partial charge in [0.1, 0.15) is 5.75 Å². The molecule has 1 unspecified atom stereocenters. The Balaban J connectivity index is 2.99. The molecule has 0 saturated carbocycles. The first kappa shape index (κ1) is 15.9. The summed E-state index contributed by atoms with van der Waals surface area (Å²) in [5.41, 5.74) is -0.382. The molecule has 7 nitrogen and oxygen atoms in total. The lowest BCUT2D eigenvalue weighted by Gasteiger charge is -2.14. The second-order valence-electron chi connectivity index (χ2n) is 4.35. The van der Waals surface area contributed by atoms with Crippen LogP contribution >= 0.6 is 0 Å². The molecule has 0 aliphatic rings. The minimum absolute atomic E-state index is 0.0367. The SMILES string of the molecule is COc1cccc([N+](=O)[O-])c1C(=O)NC(C)CCCO. The summed E-state index contributed by atoms with van der Waals surface area (Å²) in [6.07, 6.45) is 1.14. The van der Waals surface area contributed by atoms with E-state index in [4.69, 9.17) is 9.84 Å². The fourth-order valence-electron chi connectivity index (χ4n) is 1.84. The fourth-order valence-corrected chi connectivity index (χ4v) is 1.84. The van der Waals surface area contributed by atoms with Crippen LogP contribution in [0.3, 0.4) is 0 Å². The van der Waals surface area contributed by atoms with Crippen molar-refractivity contribution in [2.75, 3.05) is 13.7 Å². The Morgan fingerprint density at radius 1 is 1.55 bits per heavy atom. The summed E-state index contributed by atoms with van der Waals surface area (Å²) >= 11 is 0. The Labute approximate surface area is 116 Å². The van der Waals surface area contributed by atoms with Gasteiger partial charge in [0, 0.05) is 18.7 Å². The highest BCUT2D eigenvalue weighted by atomic mass is 16.6. The number of nitrogens with zero attached hydrogens (tertiary/aromatic N) is 1. The molecule has 0 heterocycles. The standard InChI is InChI=1S/C13H18N2O5/c1-9(5-4-8-16)14-13(17)12-10(15(18)19)6-3-7-11(12)20-2/h3,6-7,9,16H,4-5,8H2,1-2H3,(H,14,17). The molecule has 20 heavy (non-hydrogen) atoms. The number of aliphatic hydroxyl groups excluding tert-OH is 1. The molecule has 0 spiro atoms.